The van der Waals surface area contributed by atoms with E-state index in [0.717, 1.165) is 74.4 Å². The van der Waals surface area contributed by atoms with Gasteiger partial charge in [0.15, 0.2) is 0 Å². The molecule has 0 fully saturated rings. The number of hydrogen-bond acceptors (Lipinski definition) is 5. The van der Waals surface area contributed by atoms with Gasteiger partial charge in [-0.3, -0.25) is 0 Å². The summed E-state index contributed by atoms with van der Waals surface area (Å²) >= 11 is 0. The molecule has 5 heterocycles. The van der Waals surface area contributed by atoms with Gasteiger partial charge in [0.1, 0.15) is 6.67 Å². The third-order valence-electron chi connectivity index (χ3n) is 11.0. The largest absolute Gasteiger partial charge is 0.416 e. The molecule has 0 aliphatic rings. The Morgan fingerprint density at radius 2 is 1.20 bits per heavy atom. The van der Waals surface area contributed by atoms with E-state index in [0.29, 0.717) is 17.9 Å². The Kier molecular flexibility index (Phi) is 7.50. The molecule has 5 aromatic heterocycles. The zero-order valence-corrected chi connectivity index (χ0v) is 30.6. The number of alkyl halides is 3. The first-order valence-corrected chi connectivity index (χ1v) is 18.2. The third kappa shape index (κ3) is 5.22. The lowest BCUT2D eigenvalue weighted by molar-refractivity contribution is -0.137. The molecule has 0 saturated heterocycles. The molecule has 0 spiro atoms. The van der Waals surface area contributed by atoms with Crippen LogP contribution in [-0.2, 0) is 19.4 Å². The van der Waals surface area contributed by atoms with Crippen molar-refractivity contribution in [3.63, 3.8) is 0 Å². The molecule has 0 amide bonds. The lowest BCUT2D eigenvalue weighted by atomic mass is 10.1. The molecule has 0 aliphatic carbocycles. The Hall–Kier alpha value is -7.02. The normalized spacial score (nSPS) is 12.2. The molecule has 10 nitrogen and oxygen atoms in total. The zero-order chi connectivity index (χ0) is 38.3. The van der Waals surface area contributed by atoms with Crippen molar-refractivity contribution in [2.24, 2.45) is 0 Å². The number of fused-ring (bicyclic) bond motifs is 5. The van der Waals surface area contributed by atoms with Crippen molar-refractivity contribution >= 4 is 43.6 Å². The Morgan fingerprint density at radius 1 is 0.589 bits per heavy atom. The van der Waals surface area contributed by atoms with E-state index in [2.05, 4.69) is 111 Å². The number of para-hydroxylation sites is 1. The van der Waals surface area contributed by atoms with Crippen LogP contribution in [0.4, 0.5) is 13.2 Å². The van der Waals surface area contributed by atoms with E-state index in [1.807, 2.05) is 33.8 Å². The average Bonchev–Trinajstić information content (AvgIpc) is 4.06. The summed E-state index contributed by atoms with van der Waals surface area (Å²) in [5.74, 6) is 0. The quantitative estimate of drug-likeness (QED) is 0.162. The molecule has 0 radical (unpaired) electrons. The van der Waals surface area contributed by atoms with E-state index >= 15 is 0 Å². The van der Waals surface area contributed by atoms with Crippen LogP contribution in [0.15, 0.2) is 122 Å². The van der Waals surface area contributed by atoms with E-state index in [1.54, 1.807) is 17.1 Å². The Morgan fingerprint density at radius 3 is 1.89 bits per heavy atom. The summed E-state index contributed by atoms with van der Waals surface area (Å²) in [6.07, 6.45) is 0.829. The van der Waals surface area contributed by atoms with E-state index in [4.69, 9.17) is 5.10 Å². The summed E-state index contributed by atoms with van der Waals surface area (Å²) in [6.45, 7) is 7.71. The zero-order valence-electron chi connectivity index (χ0n) is 30.6. The minimum atomic E-state index is -4.41. The van der Waals surface area contributed by atoms with Gasteiger partial charge in [0, 0.05) is 55.9 Å². The van der Waals surface area contributed by atoms with E-state index < -0.39 is 11.7 Å². The molecule has 0 aliphatic heterocycles. The minimum absolute atomic E-state index is 0.489. The Balaban J connectivity index is 0.958. The predicted octanol–water partition coefficient (Wildman–Crippen LogP) is 9.76. The second-order valence-corrected chi connectivity index (χ2v) is 14.0. The monoisotopic (exact) mass is 746 g/mol. The van der Waals surface area contributed by atoms with Gasteiger partial charge < -0.3 is 9.13 Å². The number of aryl methyl sites for hydroxylation is 2. The van der Waals surface area contributed by atoms with E-state index in [-0.39, 0.29) is 0 Å². The smallest absolute Gasteiger partial charge is 0.341 e. The van der Waals surface area contributed by atoms with Crippen LogP contribution in [0.1, 0.15) is 23.7 Å². The molecule has 0 unspecified atom stereocenters. The average molecular weight is 747 g/mol. The highest BCUT2D eigenvalue weighted by Crippen LogP contribution is 2.35. The predicted molar refractivity (Wildman–Crippen MR) is 211 cm³/mol. The SMILES string of the molecule is CCn1c2ccccc2c2cc(-n3nncc3-c3ccc4c(cnn4Cn4c(C)c(C)c5cc(-n6nncc6-c6ccc(C(F)(F)F)cc6)ccc54)c3)ccc21. The van der Waals surface area contributed by atoms with Gasteiger partial charge in [-0.25, -0.2) is 14.0 Å². The Labute approximate surface area is 317 Å². The number of halogens is 3. The van der Waals surface area contributed by atoms with Gasteiger partial charge in [0.25, 0.3) is 0 Å². The fraction of sp³-hybridized carbons (Fsp3) is 0.140. The maximum atomic E-state index is 13.2. The standard InChI is InChI=1S/C43H33F3N10/c1-4-52-38-8-6-5-7-34(38)36-21-33(15-18-40(36)52)56-42(24-48-51-56)29-11-16-37-30(19-29)22-49-54(37)25-53-27(3)26(2)35-20-32(14-17-39(35)53)55-41(23-47-50-55)28-9-12-31(13-10-28)43(44,45)46/h5-24H,4,25H2,1-3H3. The number of hydrogen-bond donors (Lipinski definition) is 0. The maximum absolute atomic E-state index is 13.2. The van der Waals surface area contributed by atoms with Crippen LogP contribution in [-0.4, -0.2) is 48.9 Å². The van der Waals surface area contributed by atoms with Crippen LogP contribution in [0, 0.1) is 13.8 Å². The summed E-state index contributed by atoms with van der Waals surface area (Å²) < 4.78 is 49.7. The lowest BCUT2D eigenvalue weighted by Gasteiger charge is -2.12. The summed E-state index contributed by atoms with van der Waals surface area (Å²) in [5.41, 5.74) is 10.6. The molecule has 13 heteroatoms. The van der Waals surface area contributed by atoms with Crippen molar-refractivity contribution in [2.75, 3.05) is 0 Å². The van der Waals surface area contributed by atoms with Gasteiger partial charge >= 0.3 is 6.18 Å². The summed E-state index contributed by atoms with van der Waals surface area (Å²) in [6, 6.07) is 32.3. The van der Waals surface area contributed by atoms with Crippen LogP contribution >= 0.6 is 0 Å². The number of benzene rings is 5. The maximum Gasteiger partial charge on any atom is 0.416 e. The minimum Gasteiger partial charge on any atom is -0.341 e. The molecule has 10 aromatic rings. The van der Waals surface area contributed by atoms with Crippen molar-refractivity contribution in [3.8, 4) is 33.9 Å². The van der Waals surface area contributed by atoms with Crippen molar-refractivity contribution in [1.82, 2.24) is 48.9 Å². The van der Waals surface area contributed by atoms with Crippen molar-refractivity contribution in [2.45, 2.75) is 40.2 Å². The highest BCUT2D eigenvalue weighted by Gasteiger charge is 2.30. The van der Waals surface area contributed by atoms with Crippen LogP contribution in [0.2, 0.25) is 0 Å². The molecule has 10 rings (SSSR count). The second-order valence-electron chi connectivity index (χ2n) is 14.0. The molecule has 0 N–H and O–H groups in total. The van der Waals surface area contributed by atoms with E-state index in [9.17, 15) is 13.2 Å². The first-order valence-electron chi connectivity index (χ1n) is 18.2. The van der Waals surface area contributed by atoms with E-state index in [1.165, 1.54) is 33.9 Å². The molecule has 5 aromatic carbocycles. The number of rotatable bonds is 7. The van der Waals surface area contributed by atoms with Gasteiger partial charge in [-0.05, 0) is 93.1 Å². The molecule has 276 valence electrons. The Bertz CT molecular complexity index is 3120. The lowest BCUT2D eigenvalue weighted by Crippen LogP contribution is -2.10. The fourth-order valence-electron chi connectivity index (χ4n) is 8.03. The van der Waals surface area contributed by atoms with Crippen LogP contribution in [0.5, 0.6) is 0 Å². The van der Waals surface area contributed by atoms with Gasteiger partial charge in [-0.2, -0.15) is 18.3 Å². The van der Waals surface area contributed by atoms with Crippen molar-refractivity contribution in [1.29, 1.82) is 0 Å². The highest BCUT2D eigenvalue weighted by molar-refractivity contribution is 6.08. The van der Waals surface area contributed by atoms with Crippen LogP contribution in [0.25, 0.3) is 77.5 Å². The number of aromatic nitrogens is 10. The summed E-state index contributed by atoms with van der Waals surface area (Å²) in [7, 11) is 0. The molecular formula is C43H33F3N10. The van der Waals surface area contributed by atoms with Crippen LogP contribution < -0.4 is 0 Å². The van der Waals surface area contributed by atoms with Crippen LogP contribution in [0.3, 0.4) is 0 Å². The van der Waals surface area contributed by atoms with Gasteiger partial charge in [-0.15, -0.1) is 10.2 Å². The van der Waals surface area contributed by atoms with Gasteiger partial charge in [0.05, 0.1) is 58.0 Å². The molecule has 0 saturated carbocycles. The molecular weight excluding hydrogens is 714 g/mol. The van der Waals surface area contributed by atoms with Crippen molar-refractivity contribution in [3.05, 3.63) is 139 Å². The molecule has 56 heavy (non-hydrogen) atoms. The molecule has 0 bridgehead atoms. The highest BCUT2D eigenvalue weighted by atomic mass is 19.4. The second kappa shape index (κ2) is 12.5. The third-order valence-corrected chi connectivity index (χ3v) is 11.0. The molecule has 0 atom stereocenters. The summed E-state index contributed by atoms with van der Waals surface area (Å²) in [5, 5.41) is 26.4. The first kappa shape index (κ1) is 33.5. The number of nitrogens with zero attached hydrogens (tertiary/aromatic N) is 10. The van der Waals surface area contributed by atoms with Gasteiger partial charge in [-0.1, -0.05) is 46.8 Å². The van der Waals surface area contributed by atoms with Gasteiger partial charge in [0.2, 0.25) is 0 Å². The van der Waals surface area contributed by atoms with Crippen molar-refractivity contribution < 1.29 is 13.2 Å². The first-order chi connectivity index (χ1) is 27.2. The topological polar surface area (TPSA) is 89.1 Å². The summed E-state index contributed by atoms with van der Waals surface area (Å²) in [4.78, 5) is 0. The fourth-order valence-corrected chi connectivity index (χ4v) is 8.03.